The van der Waals surface area contributed by atoms with Crippen molar-refractivity contribution in [2.24, 2.45) is 5.73 Å². The molecule has 1 fully saturated rings. The van der Waals surface area contributed by atoms with Gasteiger partial charge < -0.3 is 16.0 Å². The molecule has 3 N–H and O–H groups in total. The number of hydrogen-bond donors (Lipinski definition) is 2. The maximum atomic E-state index is 12.4. The fourth-order valence-electron chi connectivity index (χ4n) is 3.57. The zero-order chi connectivity index (χ0) is 19.9. The van der Waals surface area contributed by atoms with E-state index < -0.39 is 0 Å². The summed E-state index contributed by atoms with van der Waals surface area (Å²) in [5, 5.41) is 3.09. The van der Waals surface area contributed by atoms with Crippen LogP contribution in [0.4, 0.5) is 0 Å². The average molecular weight is 380 g/mol. The number of rotatable bonds is 6. The van der Waals surface area contributed by atoms with Crippen LogP contribution in [0, 0.1) is 0 Å². The molecule has 1 aromatic carbocycles. The van der Waals surface area contributed by atoms with Crippen molar-refractivity contribution in [3.8, 4) is 11.1 Å². The number of likely N-dealkylation sites (N-methyl/N-ethyl adjacent to an activating group) is 1. The van der Waals surface area contributed by atoms with E-state index in [0.717, 1.165) is 29.5 Å². The molecule has 1 aliphatic carbocycles. The van der Waals surface area contributed by atoms with E-state index in [9.17, 15) is 9.59 Å². The van der Waals surface area contributed by atoms with Gasteiger partial charge in [-0.3, -0.25) is 14.6 Å². The van der Waals surface area contributed by atoms with E-state index in [1.807, 2.05) is 30.3 Å². The molecular weight excluding hydrogens is 352 g/mol. The minimum absolute atomic E-state index is 0.00446. The van der Waals surface area contributed by atoms with Gasteiger partial charge in [-0.25, -0.2) is 0 Å². The quantitative estimate of drug-likeness (QED) is 0.806. The van der Waals surface area contributed by atoms with E-state index in [2.05, 4.69) is 10.3 Å². The van der Waals surface area contributed by atoms with Crippen molar-refractivity contribution < 1.29 is 9.59 Å². The first-order valence-electron chi connectivity index (χ1n) is 9.87. The molecule has 0 saturated heterocycles. The molecule has 6 heteroatoms. The molecule has 1 saturated carbocycles. The fraction of sp³-hybridized carbons (Fsp3) is 0.409. The molecule has 2 aromatic rings. The molecule has 28 heavy (non-hydrogen) atoms. The number of nitrogens with two attached hydrogens (primary N) is 1. The van der Waals surface area contributed by atoms with Crippen molar-refractivity contribution in [3.05, 3.63) is 53.9 Å². The third-order valence-corrected chi connectivity index (χ3v) is 5.22. The van der Waals surface area contributed by atoms with Crippen molar-refractivity contribution in [1.29, 1.82) is 0 Å². The average Bonchev–Trinajstić information content (AvgIpc) is 2.74. The highest BCUT2D eigenvalue weighted by Gasteiger charge is 2.17. The molecule has 0 spiro atoms. The van der Waals surface area contributed by atoms with E-state index in [0.29, 0.717) is 12.2 Å². The van der Waals surface area contributed by atoms with Gasteiger partial charge in [0.15, 0.2) is 0 Å². The number of nitrogens with zero attached hydrogens (tertiary/aromatic N) is 2. The summed E-state index contributed by atoms with van der Waals surface area (Å²) in [7, 11) is 1.74. The Bertz CT molecular complexity index is 814. The predicted octanol–water partition coefficient (Wildman–Crippen LogP) is 2.73. The maximum absolute atomic E-state index is 12.4. The van der Waals surface area contributed by atoms with Gasteiger partial charge in [-0.15, -0.1) is 0 Å². The predicted molar refractivity (Wildman–Crippen MR) is 110 cm³/mol. The SMILES string of the molecule is CN(Cc1cccc(-c2ccc(C(=O)NC3CCCCC3)nc2)c1)C(=O)CN. The van der Waals surface area contributed by atoms with E-state index in [-0.39, 0.29) is 24.4 Å². The van der Waals surface area contributed by atoms with Crippen molar-refractivity contribution >= 4 is 11.8 Å². The molecule has 2 amide bonds. The Labute approximate surface area is 166 Å². The third-order valence-electron chi connectivity index (χ3n) is 5.22. The van der Waals surface area contributed by atoms with E-state index in [1.54, 1.807) is 24.2 Å². The monoisotopic (exact) mass is 380 g/mol. The molecule has 1 aromatic heterocycles. The minimum atomic E-state index is -0.103. The Balaban J connectivity index is 1.66. The van der Waals surface area contributed by atoms with E-state index in [1.165, 1.54) is 19.3 Å². The van der Waals surface area contributed by atoms with Gasteiger partial charge in [0.05, 0.1) is 6.54 Å². The molecule has 3 rings (SSSR count). The molecule has 0 unspecified atom stereocenters. The summed E-state index contributed by atoms with van der Waals surface area (Å²) in [4.78, 5) is 30.0. The summed E-state index contributed by atoms with van der Waals surface area (Å²) in [5.41, 5.74) is 8.80. The summed E-state index contributed by atoms with van der Waals surface area (Å²) in [5.74, 6) is -0.200. The highest BCUT2D eigenvalue weighted by molar-refractivity contribution is 5.92. The zero-order valence-electron chi connectivity index (χ0n) is 16.4. The molecule has 0 atom stereocenters. The second-order valence-corrected chi connectivity index (χ2v) is 7.39. The van der Waals surface area contributed by atoms with Crippen molar-refractivity contribution in [2.75, 3.05) is 13.6 Å². The van der Waals surface area contributed by atoms with Crippen LogP contribution < -0.4 is 11.1 Å². The molecule has 148 valence electrons. The van der Waals surface area contributed by atoms with Crippen LogP contribution in [0.3, 0.4) is 0 Å². The molecular formula is C22H28N4O2. The first-order valence-corrected chi connectivity index (χ1v) is 9.87. The number of aromatic nitrogens is 1. The van der Waals surface area contributed by atoms with Gasteiger partial charge in [0.2, 0.25) is 5.91 Å². The van der Waals surface area contributed by atoms with Crippen LogP contribution in [0.5, 0.6) is 0 Å². The van der Waals surface area contributed by atoms with Gasteiger partial charge >= 0.3 is 0 Å². The lowest BCUT2D eigenvalue weighted by atomic mass is 9.95. The Morgan fingerprint density at radius 3 is 2.61 bits per heavy atom. The fourth-order valence-corrected chi connectivity index (χ4v) is 3.57. The number of carbonyl (C=O) groups excluding carboxylic acids is 2. The highest BCUT2D eigenvalue weighted by Crippen LogP contribution is 2.21. The molecule has 0 bridgehead atoms. The number of hydrogen-bond acceptors (Lipinski definition) is 4. The van der Waals surface area contributed by atoms with Crippen molar-refractivity contribution in [1.82, 2.24) is 15.2 Å². The molecule has 0 radical (unpaired) electrons. The minimum Gasteiger partial charge on any atom is -0.348 e. The van der Waals surface area contributed by atoms with Crippen LogP contribution in [-0.4, -0.2) is 41.3 Å². The summed E-state index contributed by atoms with van der Waals surface area (Å²) >= 11 is 0. The van der Waals surface area contributed by atoms with Crippen LogP contribution in [0.2, 0.25) is 0 Å². The molecule has 0 aliphatic heterocycles. The van der Waals surface area contributed by atoms with Gasteiger partial charge in [0.1, 0.15) is 5.69 Å². The standard InChI is InChI=1S/C22H28N4O2/c1-26(21(27)13-23)15-16-6-5-7-17(12-16)18-10-11-20(24-14-18)22(28)25-19-8-3-2-4-9-19/h5-7,10-12,14,19H,2-4,8-9,13,15,23H2,1H3,(H,25,28). The Morgan fingerprint density at radius 2 is 1.93 bits per heavy atom. The lowest BCUT2D eigenvalue weighted by Crippen LogP contribution is -2.36. The number of amides is 2. The Kier molecular flexibility index (Phi) is 6.76. The van der Waals surface area contributed by atoms with Gasteiger partial charge in [-0.2, -0.15) is 0 Å². The number of nitrogens with one attached hydrogen (secondary N) is 1. The summed E-state index contributed by atoms with van der Waals surface area (Å²) < 4.78 is 0. The largest absolute Gasteiger partial charge is 0.348 e. The van der Waals surface area contributed by atoms with Crippen LogP contribution in [0.15, 0.2) is 42.6 Å². The van der Waals surface area contributed by atoms with Crippen molar-refractivity contribution in [2.45, 2.75) is 44.7 Å². The molecule has 1 aliphatic rings. The number of carbonyl (C=O) groups is 2. The van der Waals surface area contributed by atoms with Gasteiger partial charge in [-0.05, 0) is 36.1 Å². The summed E-state index contributed by atoms with van der Waals surface area (Å²) in [6.07, 6.45) is 7.45. The third kappa shape index (κ3) is 5.16. The molecule has 6 nitrogen and oxygen atoms in total. The lowest BCUT2D eigenvalue weighted by molar-refractivity contribution is -0.128. The maximum Gasteiger partial charge on any atom is 0.270 e. The van der Waals surface area contributed by atoms with E-state index >= 15 is 0 Å². The van der Waals surface area contributed by atoms with E-state index in [4.69, 9.17) is 5.73 Å². The normalized spacial score (nSPS) is 14.5. The summed E-state index contributed by atoms with van der Waals surface area (Å²) in [6, 6.07) is 11.9. The van der Waals surface area contributed by atoms with Gasteiger partial charge in [0, 0.05) is 31.4 Å². The number of benzene rings is 1. The van der Waals surface area contributed by atoms with Crippen LogP contribution in [-0.2, 0) is 11.3 Å². The van der Waals surface area contributed by atoms with Crippen LogP contribution in [0.25, 0.3) is 11.1 Å². The first kappa shape index (κ1) is 20.0. The topological polar surface area (TPSA) is 88.3 Å². The lowest BCUT2D eigenvalue weighted by Gasteiger charge is -2.22. The second kappa shape index (κ2) is 9.46. The van der Waals surface area contributed by atoms with Gasteiger partial charge in [0.25, 0.3) is 5.91 Å². The van der Waals surface area contributed by atoms with Crippen molar-refractivity contribution in [3.63, 3.8) is 0 Å². The van der Waals surface area contributed by atoms with Crippen LogP contribution in [0.1, 0.15) is 48.2 Å². The zero-order valence-corrected chi connectivity index (χ0v) is 16.4. The summed E-state index contributed by atoms with van der Waals surface area (Å²) in [6.45, 7) is 0.504. The van der Waals surface area contributed by atoms with Crippen LogP contribution >= 0.6 is 0 Å². The first-order chi connectivity index (χ1) is 13.6. The second-order valence-electron chi connectivity index (χ2n) is 7.39. The smallest absolute Gasteiger partial charge is 0.270 e. The highest BCUT2D eigenvalue weighted by atomic mass is 16.2. The van der Waals surface area contributed by atoms with Gasteiger partial charge in [-0.1, -0.05) is 43.5 Å². The Hall–Kier alpha value is -2.73. The Morgan fingerprint density at radius 1 is 1.14 bits per heavy atom. The number of pyridine rings is 1. The molecule has 1 heterocycles.